The summed E-state index contributed by atoms with van der Waals surface area (Å²) in [6, 6.07) is 15.3. The lowest BCUT2D eigenvalue weighted by atomic mass is 9.94. The number of rotatable bonds is 9. The molecule has 0 spiro atoms. The van der Waals surface area contributed by atoms with Gasteiger partial charge in [0.1, 0.15) is 0 Å². The van der Waals surface area contributed by atoms with E-state index in [1.807, 2.05) is 32.9 Å². The summed E-state index contributed by atoms with van der Waals surface area (Å²) < 4.78 is 11.3. The molecule has 0 atom stereocenters. The van der Waals surface area contributed by atoms with Crippen molar-refractivity contribution >= 4 is 11.6 Å². The fourth-order valence-electron chi connectivity index (χ4n) is 6.40. The number of carbonyl (C=O) groups excluding carboxylic acids is 1. The van der Waals surface area contributed by atoms with E-state index in [2.05, 4.69) is 57.4 Å². The first-order valence-corrected chi connectivity index (χ1v) is 15.7. The number of hydrogen-bond acceptors (Lipinski definition) is 6. The molecule has 3 heterocycles. The van der Waals surface area contributed by atoms with Crippen LogP contribution in [0, 0.1) is 20.8 Å². The van der Waals surface area contributed by atoms with Gasteiger partial charge in [-0.25, -0.2) is 0 Å². The van der Waals surface area contributed by atoms with Crippen molar-refractivity contribution in [2.24, 2.45) is 0 Å². The van der Waals surface area contributed by atoms with E-state index in [1.165, 1.54) is 5.56 Å². The third kappa shape index (κ3) is 7.55. The highest BCUT2D eigenvalue weighted by Gasteiger charge is 2.25. The summed E-state index contributed by atoms with van der Waals surface area (Å²) in [5.41, 5.74) is 8.12. The van der Waals surface area contributed by atoms with Gasteiger partial charge in [-0.15, -0.1) is 0 Å². The second kappa shape index (κ2) is 14.3. The van der Waals surface area contributed by atoms with Gasteiger partial charge in [0.25, 0.3) is 11.5 Å². The standard InChI is InChI=1S/C35H46N4O4/c1-5-39(30-11-16-43-17-12-30)33-21-29(28-9-7-27(8-10-28)23-38-13-6-15-42-18-14-38)20-31(26(33)4)34(40)36-22-32-24(2)19-25(3)37-35(32)41/h7-10,19-21,30H,5-6,11-18,22-23H2,1-4H3,(H,36,40)(H,37,41). The Bertz CT molecular complexity index is 1450. The first-order valence-electron chi connectivity index (χ1n) is 15.7. The molecular weight excluding hydrogens is 540 g/mol. The lowest BCUT2D eigenvalue weighted by Gasteiger charge is -2.37. The van der Waals surface area contributed by atoms with E-state index in [-0.39, 0.29) is 18.0 Å². The highest BCUT2D eigenvalue weighted by Crippen LogP contribution is 2.34. The zero-order chi connectivity index (χ0) is 30.3. The van der Waals surface area contributed by atoms with Crippen LogP contribution >= 0.6 is 0 Å². The van der Waals surface area contributed by atoms with Crippen LogP contribution in [0.4, 0.5) is 5.69 Å². The molecule has 8 heteroatoms. The Hall–Kier alpha value is -3.46. The lowest BCUT2D eigenvalue weighted by Crippen LogP contribution is -2.40. The first-order chi connectivity index (χ1) is 20.8. The number of nitrogens with one attached hydrogen (secondary N) is 2. The van der Waals surface area contributed by atoms with E-state index in [9.17, 15) is 9.59 Å². The van der Waals surface area contributed by atoms with E-state index >= 15 is 0 Å². The van der Waals surface area contributed by atoms with Crippen LogP contribution in [0.5, 0.6) is 0 Å². The SMILES string of the molecule is CCN(c1cc(-c2ccc(CN3CCCOCC3)cc2)cc(C(=O)NCc2c(C)cc(C)[nH]c2=O)c1C)C1CCOCC1. The van der Waals surface area contributed by atoms with Gasteiger partial charge in [-0.1, -0.05) is 24.3 Å². The van der Waals surface area contributed by atoms with Gasteiger partial charge in [-0.05, 0) is 93.0 Å². The minimum Gasteiger partial charge on any atom is -0.381 e. The van der Waals surface area contributed by atoms with Gasteiger partial charge >= 0.3 is 0 Å². The van der Waals surface area contributed by atoms with Crippen molar-refractivity contribution in [2.75, 3.05) is 51.0 Å². The number of amides is 1. The van der Waals surface area contributed by atoms with Crippen LogP contribution in [0.15, 0.2) is 47.3 Å². The number of carbonyl (C=O) groups is 1. The topological polar surface area (TPSA) is 86.9 Å². The van der Waals surface area contributed by atoms with E-state index < -0.39 is 0 Å². The largest absolute Gasteiger partial charge is 0.381 e. The summed E-state index contributed by atoms with van der Waals surface area (Å²) in [7, 11) is 0. The maximum atomic E-state index is 13.8. The minimum absolute atomic E-state index is 0.159. The normalized spacial score (nSPS) is 16.6. The lowest BCUT2D eigenvalue weighted by molar-refractivity contribution is 0.0846. The van der Waals surface area contributed by atoms with E-state index in [0.717, 1.165) is 106 Å². The molecule has 0 unspecified atom stereocenters. The number of pyridine rings is 1. The number of H-pyrrole nitrogens is 1. The number of ether oxygens (including phenoxy) is 2. The number of hydrogen-bond donors (Lipinski definition) is 2. The number of benzene rings is 2. The molecule has 230 valence electrons. The number of aromatic amines is 1. The molecule has 0 bridgehead atoms. The van der Waals surface area contributed by atoms with Gasteiger partial charge < -0.3 is 24.7 Å². The van der Waals surface area contributed by atoms with Crippen LogP contribution in [0.3, 0.4) is 0 Å². The highest BCUT2D eigenvalue weighted by atomic mass is 16.5. The smallest absolute Gasteiger partial charge is 0.253 e. The molecule has 2 aromatic carbocycles. The zero-order valence-corrected chi connectivity index (χ0v) is 26.1. The van der Waals surface area contributed by atoms with Gasteiger partial charge in [0.2, 0.25) is 0 Å². The molecule has 2 fully saturated rings. The Morgan fingerprint density at radius 3 is 2.44 bits per heavy atom. The van der Waals surface area contributed by atoms with Crippen LogP contribution in [0.25, 0.3) is 11.1 Å². The summed E-state index contributed by atoms with van der Waals surface area (Å²) in [6.45, 7) is 15.0. The number of aromatic nitrogens is 1. The van der Waals surface area contributed by atoms with Crippen molar-refractivity contribution in [3.05, 3.63) is 86.3 Å². The third-order valence-electron chi connectivity index (χ3n) is 8.83. The molecule has 0 saturated carbocycles. The Balaban J connectivity index is 1.46. The predicted molar refractivity (Wildman–Crippen MR) is 172 cm³/mol. The molecule has 8 nitrogen and oxygen atoms in total. The maximum Gasteiger partial charge on any atom is 0.253 e. The molecule has 3 aromatic rings. The molecule has 2 aliphatic heterocycles. The zero-order valence-electron chi connectivity index (χ0n) is 26.1. The third-order valence-corrected chi connectivity index (χ3v) is 8.83. The molecule has 1 amide bonds. The minimum atomic E-state index is -0.178. The summed E-state index contributed by atoms with van der Waals surface area (Å²) in [4.78, 5) is 34.1. The molecule has 5 rings (SSSR count). The monoisotopic (exact) mass is 586 g/mol. The molecule has 1 aromatic heterocycles. The molecule has 0 aliphatic carbocycles. The van der Waals surface area contributed by atoms with Crippen LogP contribution < -0.4 is 15.8 Å². The van der Waals surface area contributed by atoms with Crippen molar-refractivity contribution in [1.29, 1.82) is 0 Å². The summed E-state index contributed by atoms with van der Waals surface area (Å²) in [5.74, 6) is -0.178. The Morgan fingerprint density at radius 2 is 1.72 bits per heavy atom. The van der Waals surface area contributed by atoms with E-state index in [4.69, 9.17) is 9.47 Å². The Labute approximate surface area is 255 Å². The van der Waals surface area contributed by atoms with Crippen LogP contribution in [0.1, 0.15) is 64.5 Å². The Morgan fingerprint density at radius 1 is 0.977 bits per heavy atom. The predicted octanol–water partition coefficient (Wildman–Crippen LogP) is 5.12. The quantitative estimate of drug-likeness (QED) is 0.362. The van der Waals surface area contributed by atoms with Gasteiger partial charge in [-0.2, -0.15) is 0 Å². The fourth-order valence-corrected chi connectivity index (χ4v) is 6.40. The second-order valence-corrected chi connectivity index (χ2v) is 11.9. The molecule has 43 heavy (non-hydrogen) atoms. The van der Waals surface area contributed by atoms with Crippen LogP contribution in [0.2, 0.25) is 0 Å². The second-order valence-electron chi connectivity index (χ2n) is 11.9. The average Bonchev–Trinajstić information content (AvgIpc) is 3.27. The molecule has 2 N–H and O–H groups in total. The number of nitrogens with zero attached hydrogens (tertiary/aromatic N) is 2. The van der Waals surface area contributed by atoms with Gasteiger partial charge in [0.15, 0.2) is 0 Å². The number of anilines is 1. The molecule has 2 aliphatic rings. The van der Waals surface area contributed by atoms with Crippen molar-refractivity contribution in [3.8, 4) is 11.1 Å². The molecule has 2 saturated heterocycles. The fraction of sp³-hybridized carbons (Fsp3) is 0.486. The number of aryl methyl sites for hydroxylation is 2. The van der Waals surface area contributed by atoms with Gasteiger partial charge in [0.05, 0.1) is 6.61 Å². The summed E-state index contributed by atoms with van der Waals surface area (Å²) >= 11 is 0. The van der Waals surface area contributed by atoms with Gasteiger partial charge in [-0.3, -0.25) is 14.5 Å². The van der Waals surface area contributed by atoms with E-state index in [0.29, 0.717) is 17.2 Å². The summed E-state index contributed by atoms with van der Waals surface area (Å²) in [5, 5.41) is 3.05. The van der Waals surface area contributed by atoms with Crippen molar-refractivity contribution in [3.63, 3.8) is 0 Å². The van der Waals surface area contributed by atoms with Crippen molar-refractivity contribution < 1.29 is 14.3 Å². The van der Waals surface area contributed by atoms with Gasteiger partial charge in [0, 0.05) is 81.1 Å². The average molecular weight is 587 g/mol. The molecular formula is C35H46N4O4. The van der Waals surface area contributed by atoms with Crippen LogP contribution in [-0.2, 0) is 22.6 Å². The first kappa shape index (κ1) is 31.0. The Kier molecular flexibility index (Phi) is 10.3. The van der Waals surface area contributed by atoms with Crippen molar-refractivity contribution in [2.45, 2.75) is 66.1 Å². The van der Waals surface area contributed by atoms with E-state index in [1.54, 1.807) is 0 Å². The maximum absolute atomic E-state index is 13.8. The van der Waals surface area contributed by atoms with Crippen molar-refractivity contribution in [1.82, 2.24) is 15.2 Å². The highest BCUT2D eigenvalue weighted by molar-refractivity contribution is 5.99. The summed E-state index contributed by atoms with van der Waals surface area (Å²) in [6.07, 6.45) is 2.99. The molecule has 0 radical (unpaired) electrons. The van der Waals surface area contributed by atoms with Crippen LogP contribution in [-0.4, -0.2) is 67.9 Å².